The molecule has 0 radical (unpaired) electrons. The van der Waals surface area contributed by atoms with E-state index in [0.29, 0.717) is 5.82 Å². The number of amides is 2. The van der Waals surface area contributed by atoms with Gasteiger partial charge < -0.3 is 25.2 Å². The van der Waals surface area contributed by atoms with E-state index in [1.807, 2.05) is 67.7 Å². The zero-order valence-corrected chi connectivity index (χ0v) is 21.6. The summed E-state index contributed by atoms with van der Waals surface area (Å²) >= 11 is 0. The second-order valence-corrected chi connectivity index (χ2v) is 9.98. The van der Waals surface area contributed by atoms with E-state index in [1.54, 1.807) is 6.33 Å². The average molecular weight is 510 g/mol. The predicted octanol–water partition coefficient (Wildman–Crippen LogP) is 5.24. The number of aryl methyl sites for hydroxylation is 1. The maximum Gasteiger partial charge on any atom is 0.321 e. The minimum Gasteiger partial charge on any atom is -0.457 e. The quantitative estimate of drug-likeness (QED) is 0.488. The van der Waals surface area contributed by atoms with Crippen LogP contribution in [0.25, 0.3) is 10.9 Å². The van der Waals surface area contributed by atoms with Crippen LogP contribution in [0.1, 0.15) is 24.8 Å². The Labute approximate surface area is 221 Å². The van der Waals surface area contributed by atoms with Crippen LogP contribution in [0, 0.1) is 6.92 Å². The lowest BCUT2D eigenvalue weighted by Gasteiger charge is -2.26. The number of likely N-dealkylation sites (N-methyl/N-ethyl adjacent to an activating group) is 1. The molecule has 1 fully saturated rings. The number of benzene rings is 2. The van der Waals surface area contributed by atoms with Crippen LogP contribution in [-0.2, 0) is 0 Å². The van der Waals surface area contributed by atoms with Gasteiger partial charge in [0.05, 0.1) is 23.9 Å². The number of ether oxygens (including phenoxy) is 1. The first-order chi connectivity index (χ1) is 18.5. The smallest absolute Gasteiger partial charge is 0.321 e. The molecule has 38 heavy (non-hydrogen) atoms. The number of nitrogens with zero attached hydrogens (tertiary/aromatic N) is 5. The van der Waals surface area contributed by atoms with Gasteiger partial charge in [-0.15, -0.1) is 0 Å². The molecule has 0 bridgehead atoms. The Hall–Kier alpha value is -4.40. The topological polar surface area (TPSA) is 95.0 Å². The molecule has 194 valence electrons. The molecule has 1 saturated heterocycles. The number of likely N-dealkylation sites (tertiary alicyclic amines) is 1. The number of aromatic nitrogens is 2. The van der Waals surface area contributed by atoms with Gasteiger partial charge in [0.1, 0.15) is 23.7 Å². The molecule has 3 heterocycles. The second kappa shape index (κ2) is 10.2. The number of fused-ring (bicyclic) bond motifs is 2. The van der Waals surface area contributed by atoms with Crippen molar-refractivity contribution in [3.63, 3.8) is 0 Å². The van der Waals surface area contributed by atoms with E-state index in [1.165, 1.54) is 6.42 Å². The summed E-state index contributed by atoms with van der Waals surface area (Å²) in [5, 5.41) is 7.28. The Morgan fingerprint density at radius 2 is 1.89 bits per heavy atom. The Morgan fingerprint density at radius 1 is 1.05 bits per heavy atom. The number of aliphatic imine (C=N–C) groups is 1. The summed E-state index contributed by atoms with van der Waals surface area (Å²) in [5.41, 5.74) is 3.39. The van der Waals surface area contributed by atoms with Gasteiger partial charge in [0.15, 0.2) is 0 Å². The molecule has 1 aliphatic carbocycles. The van der Waals surface area contributed by atoms with Crippen LogP contribution in [0.15, 0.2) is 71.7 Å². The number of allylic oxidation sites excluding steroid dienone is 1. The lowest BCUT2D eigenvalue weighted by atomic mass is 10.0. The van der Waals surface area contributed by atoms with Crippen LogP contribution in [0.4, 0.5) is 22.0 Å². The number of piperidine rings is 1. The molecule has 2 atom stereocenters. The van der Waals surface area contributed by atoms with Crippen molar-refractivity contribution in [1.29, 1.82) is 0 Å². The zero-order chi connectivity index (χ0) is 26.1. The monoisotopic (exact) mass is 509 g/mol. The molecule has 1 aromatic heterocycles. The molecule has 3 aliphatic rings. The molecular weight excluding hydrogens is 478 g/mol. The van der Waals surface area contributed by atoms with Gasteiger partial charge in [-0.25, -0.2) is 14.8 Å². The highest BCUT2D eigenvalue weighted by Gasteiger charge is 2.27. The van der Waals surface area contributed by atoms with Crippen molar-refractivity contribution < 1.29 is 9.53 Å². The van der Waals surface area contributed by atoms with Crippen molar-refractivity contribution in [2.75, 3.05) is 30.8 Å². The van der Waals surface area contributed by atoms with E-state index in [9.17, 15) is 4.79 Å². The summed E-state index contributed by atoms with van der Waals surface area (Å²) < 4.78 is 6.19. The van der Waals surface area contributed by atoms with E-state index in [0.717, 1.165) is 65.3 Å². The number of nitrogens with one attached hydrogen (secondary N) is 2. The van der Waals surface area contributed by atoms with Gasteiger partial charge in [-0.05, 0) is 80.3 Å². The van der Waals surface area contributed by atoms with Crippen molar-refractivity contribution >= 4 is 40.5 Å². The number of carbonyl (C=O) groups is 1. The van der Waals surface area contributed by atoms with Crippen LogP contribution in [0.5, 0.6) is 5.75 Å². The highest BCUT2D eigenvalue weighted by molar-refractivity contribution is 5.96. The molecule has 9 nitrogen and oxygen atoms in total. The third kappa shape index (κ3) is 4.91. The van der Waals surface area contributed by atoms with E-state index in [2.05, 4.69) is 42.6 Å². The van der Waals surface area contributed by atoms with Crippen LogP contribution in [0.2, 0.25) is 0 Å². The average Bonchev–Trinajstić information content (AvgIpc) is 3.31. The van der Waals surface area contributed by atoms with Crippen LogP contribution in [0.3, 0.4) is 0 Å². The SMILES string of the molecule is Cc1cc(Nc2ncnc3ccc(NC(=O)N4CCCCC4)cc23)ccc1OC1=CC2N=CN(C)C2C=C1. The maximum atomic E-state index is 12.7. The van der Waals surface area contributed by atoms with Crippen molar-refractivity contribution in [3.05, 3.63) is 72.3 Å². The Bertz CT molecular complexity index is 1460. The number of rotatable bonds is 5. The van der Waals surface area contributed by atoms with Crippen LogP contribution in [-0.4, -0.2) is 64.4 Å². The molecule has 0 saturated carbocycles. The minimum atomic E-state index is -0.0631. The summed E-state index contributed by atoms with van der Waals surface area (Å²) in [6, 6.07) is 11.9. The third-order valence-electron chi connectivity index (χ3n) is 7.23. The molecule has 2 aliphatic heterocycles. The Morgan fingerprint density at radius 3 is 2.74 bits per heavy atom. The van der Waals surface area contributed by atoms with Crippen molar-refractivity contribution in [2.45, 2.75) is 38.3 Å². The molecule has 3 aromatic rings. The summed E-state index contributed by atoms with van der Waals surface area (Å²) in [5.74, 6) is 2.25. The minimum absolute atomic E-state index is 0.0631. The van der Waals surface area contributed by atoms with E-state index >= 15 is 0 Å². The molecule has 0 spiro atoms. The van der Waals surface area contributed by atoms with E-state index in [4.69, 9.17) is 4.74 Å². The molecule has 9 heteroatoms. The largest absolute Gasteiger partial charge is 0.457 e. The van der Waals surface area contributed by atoms with Crippen LogP contribution < -0.4 is 15.4 Å². The van der Waals surface area contributed by atoms with Gasteiger partial charge in [0.25, 0.3) is 0 Å². The first-order valence-electron chi connectivity index (χ1n) is 13.0. The molecule has 2 N–H and O–H groups in total. The number of hydrogen-bond acceptors (Lipinski definition) is 7. The number of carbonyl (C=O) groups excluding carboxylic acids is 1. The third-order valence-corrected chi connectivity index (χ3v) is 7.23. The number of hydrogen-bond donors (Lipinski definition) is 2. The van der Waals surface area contributed by atoms with Crippen molar-refractivity contribution in [1.82, 2.24) is 19.8 Å². The first-order valence-corrected chi connectivity index (χ1v) is 13.0. The van der Waals surface area contributed by atoms with Gasteiger partial charge in [0, 0.05) is 36.9 Å². The lowest BCUT2D eigenvalue weighted by molar-refractivity contribution is 0.200. The first kappa shape index (κ1) is 24.0. The molecule has 6 rings (SSSR count). The molecule has 2 aromatic carbocycles. The van der Waals surface area contributed by atoms with Gasteiger partial charge in [-0.3, -0.25) is 4.99 Å². The second-order valence-electron chi connectivity index (χ2n) is 9.98. The summed E-state index contributed by atoms with van der Waals surface area (Å²) in [6.45, 7) is 3.62. The lowest BCUT2D eigenvalue weighted by Crippen LogP contribution is -2.38. The van der Waals surface area contributed by atoms with E-state index in [-0.39, 0.29) is 18.1 Å². The van der Waals surface area contributed by atoms with Gasteiger partial charge in [-0.1, -0.05) is 6.08 Å². The van der Waals surface area contributed by atoms with Gasteiger partial charge >= 0.3 is 6.03 Å². The standard InChI is InChI=1S/C29H31N7O2/c1-19-14-20(7-11-27(19)38-22-8-10-26-25(16-22)32-18-35(26)2)33-28-23-15-21(6-9-24(23)30-17-31-28)34-29(37)36-12-4-3-5-13-36/h6-11,14-18,25-26H,3-5,12-13H2,1-2H3,(H,34,37)(H,30,31,33). The normalized spacial score (nSPS) is 20.3. The highest BCUT2D eigenvalue weighted by Crippen LogP contribution is 2.30. The molecule has 2 amide bonds. The van der Waals surface area contributed by atoms with Gasteiger partial charge in [0.2, 0.25) is 0 Å². The Balaban J connectivity index is 1.18. The highest BCUT2D eigenvalue weighted by atomic mass is 16.5. The predicted molar refractivity (Wildman–Crippen MR) is 150 cm³/mol. The van der Waals surface area contributed by atoms with Crippen molar-refractivity contribution in [2.24, 2.45) is 4.99 Å². The molecular formula is C29H31N7O2. The van der Waals surface area contributed by atoms with Crippen LogP contribution >= 0.6 is 0 Å². The fourth-order valence-electron chi connectivity index (χ4n) is 5.10. The fraction of sp³-hybridized carbons (Fsp3) is 0.310. The summed E-state index contributed by atoms with van der Waals surface area (Å²) in [7, 11) is 2.03. The Kier molecular flexibility index (Phi) is 6.41. The number of anilines is 3. The zero-order valence-electron chi connectivity index (χ0n) is 21.6. The summed E-state index contributed by atoms with van der Waals surface area (Å²) in [6.07, 6.45) is 12.9. The number of urea groups is 1. The molecule has 2 unspecified atom stereocenters. The van der Waals surface area contributed by atoms with Crippen molar-refractivity contribution in [3.8, 4) is 5.75 Å². The summed E-state index contributed by atoms with van der Waals surface area (Å²) in [4.78, 5) is 30.1. The maximum absolute atomic E-state index is 12.7. The van der Waals surface area contributed by atoms with Gasteiger partial charge in [-0.2, -0.15) is 0 Å². The fourth-order valence-corrected chi connectivity index (χ4v) is 5.10. The van der Waals surface area contributed by atoms with E-state index < -0.39 is 0 Å².